The van der Waals surface area contributed by atoms with Crippen LogP contribution in [0.25, 0.3) is 0 Å². The van der Waals surface area contributed by atoms with E-state index in [0.29, 0.717) is 10.6 Å². The number of hydrogen-bond donors (Lipinski definition) is 0. The number of hydrogen-bond acceptors (Lipinski definition) is 5. The van der Waals surface area contributed by atoms with Gasteiger partial charge in [-0.1, -0.05) is 18.2 Å². The molecule has 2 aromatic rings. The number of rotatable bonds is 3. The monoisotopic (exact) mass is 301 g/mol. The van der Waals surface area contributed by atoms with E-state index < -0.39 is 4.92 Å². The van der Waals surface area contributed by atoms with Crippen molar-refractivity contribution in [2.45, 2.75) is 18.9 Å². The largest absolute Gasteiger partial charge is 0.280 e. The highest BCUT2D eigenvalue weighted by atomic mass is 32.2. The highest BCUT2D eigenvalue weighted by Gasteiger charge is 2.19. The fraction of sp³-hybridized carbons (Fsp3) is 0.200. The fourth-order valence-electron chi connectivity index (χ4n) is 1.94. The number of aliphatic imine (C=N–C) groups is 1. The molecule has 0 atom stereocenters. The summed E-state index contributed by atoms with van der Waals surface area (Å²) in [6, 6.07) is 8.63. The molecule has 0 saturated carbocycles. The first kappa shape index (κ1) is 15.2. The molecular formula is C15H15N3O2S. The number of thioether (sulfide) groups is 1. The van der Waals surface area contributed by atoms with Crippen LogP contribution >= 0.6 is 11.8 Å². The molecule has 1 aromatic heterocycles. The summed E-state index contributed by atoms with van der Waals surface area (Å²) in [5.74, 6) is 0. The number of aromatic nitrogens is 1. The van der Waals surface area contributed by atoms with Gasteiger partial charge in [0.25, 0.3) is 5.69 Å². The van der Waals surface area contributed by atoms with Crippen molar-refractivity contribution < 1.29 is 4.92 Å². The number of para-hydroxylation sites is 1. The van der Waals surface area contributed by atoms with Crippen molar-refractivity contribution in [2.24, 2.45) is 4.99 Å². The van der Waals surface area contributed by atoms with Gasteiger partial charge in [-0.15, -0.1) is 0 Å². The molecule has 0 saturated heterocycles. The molecule has 0 amide bonds. The number of nitro benzene ring substituents is 1. The molecule has 108 valence electrons. The van der Waals surface area contributed by atoms with Gasteiger partial charge < -0.3 is 0 Å². The van der Waals surface area contributed by atoms with E-state index in [2.05, 4.69) is 9.98 Å². The standard InChI is InChI=1S/C15H15N3O2S/c1-10-8-11(2)14(17-9-10)21-15(16-3)12-6-4-5-7-13(12)18(19)20/h4-9H,1-3H3/b16-15-. The molecule has 0 bridgehead atoms. The quantitative estimate of drug-likeness (QED) is 0.284. The zero-order valence-corrected chi connectivity index (χ0v) is 12.8. The second-order valence-electron chi connectivity index (χ2n) is 4.54. The number of nitrogens with zero attached hydrogens (tertiary/aromatic N) is 3. The maximum Gasteiger partial charge on any atom is 0.279 e. The summed E-state index contributed by atoms with van der Waals surface area (Å²) < 4.78 is 0. The van der Waals surface area contributed by atoms with Crippen molar-refractivity contribution in [3.8, 4) is 0 Å². The summed E-state index contributed by atoms with van der Waals surface area (Å²) in [6.07, 6.45) is 1.78. The molecule has 0 aliphatic carbocycles. The Labute approximate surface area is 127 Å². The molecule has 0 fully saturated rings. The lowest BCUT2D eigenvalue weighted by Gasteiger charge is -2.08. The smallest absolute Gasteiger partial charge is 0.279 e. The van der Waals surface area contributed by atoms with Crippen molar-refractivity contribution >= 4 is 22.5 Å². The number of nitro groups is 1. The maximum absolute atomic E-state index is 11.1. The van der Waals surface area contributed by atoms with Gasteiger partial charge in [0.15, 0.2) is 0 Å². The topological polar surface area (TPSA) is 68.4 Å². The van der Waals surface area contributed by atoms with E-state index in [1.807, 2.05) is 19.9 Å². The zero-order valence-electron chi connectivity index (χ0n) is 12.0. The summed E-state index contributed by atoms with van der Waals surface area (Å²) in [6.45, 7) is 3.94. The highest BCUT2D eigenvalue weighted by molar-refractivity contribution is 8.14. The minimum atomic E-state index is -0.392. The van der Waals surface area contributed by atoms with Gasteiger partial charge in [-0.25, -0.2) is 4.98 Å². The van der Waals surface area contributed by atoms with Gasteiger partial charge >= 0.3 is 0 Å². The predicted molar refractivity (Wildman–Crippen MR) is 85.1 cm³/mol. The number of aryl methyl sites for hydroxylation is 2. The van der Waals surface area contributed by atoms with Crippen LogP contribution in [0.1, 0.15) is 16.7 Å². The molecule has 6 heteroatoms. The fourth-order valence-corrected chi connectivity index (χ4v) is 2.82. The molecule has 5 nitrogen and oxygen atoms in total. The Bertz CT molecular complexity index is 714. The van der Waals surface area contributed by atoms with E-state index >= 15 is 0 Å². The second kappa shape index (κ2) is 6.49. The average molecular weight is 301 g/mol. The van der Waals surface area contributed by atoms with Crippen molar-refractivity contribution in [3.63, 3.8) is 0 Å². The molecule has 0 unspecified atom stereocenters. The predicted octanol–water partition coefficient (Wildman–Crippen LogP) is 3.78. The normalized spacial score (nSPS) is 11.5. The second-order valence-corrected chi connectivity index (χ2v) is 5.52. The Kier molecular flexibility index (Phi) is 4.70. The van der Waals surface area contributed by atoms with Crippen LogP contribution in [0.5, 0.6) is 0 Å². The highest BCUT2D eigenvalue weighted by Crippen LogP contribution is 2.29. The van der Waals surface area contributed by atoms with Crippen LogP contribution < -0.4 is 0 Å². The van der Waals surface area contributed by atoms with Crippen LogP contribution in [0.15, 0.2) is 46.5 Å². The van der Waals surface area contributed by atoms with Gasteiger partial charge in [-0.3, -0.25) is 15.1 Å². The summed E-state index contributed by atoms with van der Waals surface area (Å²) >= 11 is 1.34. The SMILES string of the molecule is C/N=C(\Sc1ncc(C)cc1C)c1ccccc1[N+](=O)[O-]. The van der Waals surface area contributed by atoms with Crippen LogP contribution in [0.2, 0.25) is 0 Å². The Morgan fingerprint density at radius 1 is 1.33 bits per heavy atom. The zero-order chi connectivity index (χ0) is 15.4. The van der Waals surface area contributed by atoms with Crippen molar-refractivity contribution in [3.05, 3.63) is 63.3 Å². The Hall–Kier alpha value is -2.21. The van der Waals surface area contributed by atoms with Crippen LogP contribution in [0, 0.1) is 24.0 Å². The first-order chi connectivity index (χ1) is 10.0. The molecular weight excluding hydrogens is 286 g/mol. The average Bonchev–Trinajstić information content (AvgIpc) is 2.46. The van der Waals surface area contributed by atoms with Crippen LogP contribution in [-0.2, 0) is 0 Å². The van der Waals surface area contributed by atoms with E-state index in [4.69, 9.17) is 0 Å². The van der Waals surface area contributed by atoms with E-state index in [0.717, 1.165) is 16.2 Å². The minimum Gasteiger partial charge on any atom is -0.280 e. The van der Waals surface area contributed by atoms with E-state index in [1.54, 1.807) is 31.4 Å². The Balaban J connectivity index is 2.40. The summed E-state index contributed by atoms with van der Waals surface area (Å²) in [5, 5.41) is 12.5. The van der Waals surface area contributed by atoms with Gasteiger partial charge in [-0.2, -0.15) is 0 Å². The lowest BCUT2D eigenvalue weighted by atomic mass is 10.2. The maximum atomic E-state index is 11.1. The van der Waals surface area contributed by atoms with Crippen molar-refractivity contribution in [2.75, 3.05) is 7.05 Å². The summed E-state index contributed by atoms with van der Waals surface area (Å²) in [4.78, 5) is 19.3. The molecule has 1 heterocycles. The molecule has 0 aliphatic heterocycles. The van der Waals surface area contributed by atoms with E-state index in [1.165, 1.54) is 17.8 Å². The molecule has 0 N–H and O–H groups in total. The third-order valence-corrected chi connectivity index (χ3v) is 4.11. The van der Waals surface area contributed by atoms with Gasteiger partial charge in [-0.05, 0) is 42.8 Å². The van der Waals surface area contributed by atoms with E-state index in [9.17, 15) is 10.1 Å². The summed E-state index contributed by atoms with van der Waals surface area (Å²) in [5.41, 5.74) is 2.67. The molecule has 1 aromatic carbocycles. The number of benzene rings is 1. The molecule has 0 spiro atoms. The Morgan fingerprint density at radius 2 is 2.05 bits per heavy atom. The number of pyridine rings is 1. The van der Waals surface area contributed by atoms with Gasteiger partial charge in [0.2, 0.25) is 0 Å². The van der Waals surface area contributed by atoms with E-state index in [-0.39, 0.29) is 5.69 Å². The summed E-state index contributed by atoms with van der Waals surface area (Å²) in [7, 11) is 1.63. The molecule has 2 rings (SSSR count). The van der Waals surface area contributed by atoms with Gasteiger partial charge in [0.1, 0.15) is 10.1 Å². The lowest BCUT2D eigenvalue weighted by molar-refractivity contribution is -0.385. The minimum absolute atomic E-state index is 0.0513. The first-order valence-electron chi connectivity index (χ1n) is 6.34. The van der Waals surface area contributed by atoms with Crippen LogP contribution in [-0.4, -0.2) is 22.0 Å². The van der Waals surface area contributed by atoms with Crippen LogP contribution in [0.4, 0.5) is 5.69 Å². The lowest BCUT2D eigenvalue weighted by Crippen LogP contribution is -2.02. The first-order valence-corrected chi connectivity index (χ1v) is 7.16. The third-order valence-electron chi connectivity index (χ3n) is 2.89. The van der Waals surface area contributed by atoms with Crippen molar-refractivity contribution in [1.29, 1.82) is 0 Å². The Morgan fingerprint density at radius 3 is 2.67 bits per heavy atom. The molecule has 0 aliphatic rings. The van der Waals surface area contributed by atoms with Gasteiger partial charge in [0.05, 0.1) is 10.5 Å². The molecule has 0 radical (unpaired) electrons. The van der Waals surface area contributed by atoms with Gasteiger partial charge in [0, 0.05) is 19.3 Å². The molecule has 21 heavy (non-hydrogen) atoms. The van der Waals surface area contributed by atoms with Crippen molar-refractivity contribution in [1.82, 2.24) is 4.98 Å². The third kappa shape index (κ3) is 3.46. The van der Waals surface area contributed by atoms with Crippen LogP contribution in [0.3, 0.4) is 0 Å².